The van der Waals surface area contributed by atoms with E-state index in [0.29, 0.717) is 12.8 Å². The van der Waals surface area contributed by atoms with Gasteiger partial charge < -0.3 is 40.3 Å². The molecule has 1 saturated heterocycles. The molecule has 0 aromatic carbocycles. The van der Waals surface area contributed by atoms with Gasteiger partial charge in [0.05, 0.1) is 25.4 Å². The molecule has 6 N–H and O–H groups in total. The Hall–Kier alpha value is -0.810. The van der Waals surface area contributed by atoms with Gasteiger partial charge in [-0.15, -0.1) is 0 Å². The van der Waals surface area contributed by atoms with E-state index in [4.69, 9.17) is 9.47 Å². The normalized spacial score (nSPS) is 20.9. The number of aliphatic hydroxyl groups excluding tert-OH is 5. The van der Waals surface area contributed by atoms with Gasteiger partial charge in [0.1, 0.15) is 24.4 Å². The molecule has 0 unspecified atom stereocenters. The van der Waals surface area contributed by atoms with E-state index in [1.165, 1.54) is 180 Å². The third kappa shape index (κ3) is 30.0. The van der Waals surface area contributed by atoms with Crippen LogP contribution in [0.15, 0.2) is 0 Å². The average molecular weight is 814 g/mol. The van der Waals surface area contributed by atoms with Crippen molar-refractivity contribution in [1.29, 1.82) is 0 Å². The van der Waals surface area contributed by atoms with Gasteiger partial charge >= 0.3 is 0 Å². The summed E-state index contributed by atoms with van der Waals surface area (Å²) in [6, 6.07) is -0.711. The Labute approximate surface area is 351 Å². The minimum atomic E-state index is -1.55. The minimum absolute atomic E-state index is 0.132. The van der Waals surface area contributed by atoms with Crippen LogP contribution in [0.5, 0.6) is 0 Å². The molecule has 9 nitrogen and oxygen atoms in total. The number of aliphatic hydroxyl groups is 5. The zero-order chi connectivity index (χ0) is 41.6. The fourth-order valence-corrected chi connectivity index (χ4v) is 8.22. The first-order chi connectivity index (χ1) is 27.8. The molecular weight excluding hydrogens is 719 g/mol. The third-order valence-corrected chi connectivity index (χ3v) is 12.2. The lowest BCUT2D eigenvalue weighted by molar-refractivity contribution is -0.302. The molecular formula is C48H95NO8. The van der Waals surface area contributed by atoms with E-state index >= 15 is 0 Å². The van der Waals surface area contributed by atoms with E-state index in [-0.39, 0.29) is 12.5 Å². The zero-order valence-electron chi connectivity index (χ0n) is 37.4. The van der Waals surface area contributed by atoms with Crippen molar-refractivity contribution in [3.05, 3.63) is 0 Å². The summed E-state index contributed by atoms with van der Waals surface area (Å²) in [6.07, 6.45) is 36.8. The fourth-order valence-electron chi connectivity index (χ4n) is 8.22. The van der Waals surface area contributed by atoms with Crippen LogP contribution >= 0.6 is 0 Å². The van der Waals surface area contributed by atoms with Crippen molar-refractivity contribution in [3.63, 3.8) is 0 Å². The Morgan fingerprint density at radius 2 is 0.877 bits per heavy atom. The summed E-state index contributed by atoms with van der Waals surface area (Å²) < 4.78 is 11.3. The molecule has 9 heteroatoms. The van der Waals surface area contributed by atoms with Crippen molar-refractivity contribution in [2.45, 2.75) is 288 Å². The number of carbonyl (C=O) groups excluding carboxylic acids is 1. The lowest BCUT2D eigenvalue weighted by Gasteiger charge is -2.40. The number of ether oxygens (including phenoxy) is 2. The van der Waals surface area contributed by atoms with Gasteiger partial charge in [0.25, 0.3) is 0 Å². The summed E-state index contributed by atoms with van der Waals surface area (Å²) in [5.41, 5.74) is 0. The lowest BCUT2D eigenvalue weighted by Crippen LogP contribution is -2.60. The standard InChI is InChI=1S/C48H95NO8/c1-3-5-7-9-11-13-15-17-18-19-20-21-22-23-24-26-28-30-32-34-36-38-44(52)49-41(40-56-48-47(55)46(54)45(53)43(39-50)57-48)42(51)37-35-33-31-29-27-25-16-14-12-10-8-6-4-2/h41-43,45-48,50-51,53-55H,3-40H2,1-2H3,(H,49,52)/t41-,42+,43-,45-,46+,47-,48-/m0/s1. The lowest BCUT2D eigenvalue weighted by atomic mass is 9.99. The van der Waals surface area contributed by atoms with Crippen LogP contribution in [0.2, 0.25) is 0 Å². The first kappa shape index (κ1) is 54.2. The average Bonchev–Trinajstić information content (AvgIpc) is 3.21. The molecule has 0 aromatic heterocycles. The monoisotopic (exact) mass is 814 g/mol. The molecule has 1 aliphatic rings. The maximum Gasteiger partial charge on any atom is 0.220 e. The molecule has 0 aromatic rings. The molecule has 0 saturated carbocycles. The molecule has 0 aliphatic carbocycles. The smallest absolute Gasteiger partial charge is 0.220 e. The first-order valence-corrected chi connectivity index (χ1v) is 24.7. The first-order valence-electron chi connectivity index (χ1n) is 24.7. The van der Waals surface area contributed by atoms with Gasteiger partial charge in [-0.3, -0.25) is 4.79 Å². The van der Waals surface area contributed by atoms with Gasteiger partial charge in [0, 0.05) is 6.42 Å². The predicted octanol–water partition coefficient (Wildman–Crippen LogP) is 10.7. The summed E-state index contributed by atoms with van der Waals surface area (Å²) in [4.78, 5) is 13.0. The molecule has 1 fully saturated rings. The van der Waals surface area contributed by atoms with Crippen LogP contribution in [0.1, 0.15) is 245 Å². The highest BCUT2D eigenvalue weighted by Gasteiger charge is 2.44. The quantitative estimate of drug-likeness (QED) is 0.0334. The zero-order valence-corrected chi connectivity index (χ0v) is 37.4. The summed E-state index contributed by atoms with van der Waals surface area (Å²) >= 11 is 0. The van der Waals surface area contributed by atoms with E-state index < -0.39 is 49.5 Å². The van der Waals surface area contributed by atoms with Gasteiger partial charge in [0.2, 0.25) is 5.91 Å². The highest BCUT2D eigenvalue weighted by Crippen LogP contribution is 2.23. The number of carbonyl (C=O) groups is 1. The van der Waals surface area contributed by atoms with Gasteiger partial charge in [-0.25, -0.2) is 0 Å². The second kappa shape index (κ2) is 39.3. The van der Waals surface area contributed by atoms with Crippen LogP contribution in [0.25, 0.3) is 0 Å². The summed E-state index contributed by atoms with van der Waals surface area (Å²) in [7, 11) is 0. The highest BCUT2D eigenvalue weighted by atomic mass is 16.7. The number of hydrogen-bond acceptors (Lipinski definition) is 8. The molecule has 7 atom stereocenters. The predicted molar refractivity (Wildman–Crippen MR) is 235 cm³/mol. The number of unbranched alkanes of at least 4 members (excludes halogenated alkanes) is 32. The topological polar surface area (TPSA) is 149 Å². The number of nitrogens with one attached hydrogen (secondary N) is 1. The largest absolute Gasteiger partial charge is 0.394 e. The van der Waals surface area contributed by atoms with Crippen LogP contribution in [0.3, 0.4) is 0 Å². The number of amides is 1. The molecule has 0 spiro atoms. The molecule has 0 bridgehead atoms. The molecule has 0 radical (unpaired) electrons. The van der Waals surface area contributed by atoms with Crippen molar-refractivity contribution in [1.82, 2.24) is 5.32 Å². The van der Waals surface area contributed by atoms with Crippen LogP contribution in [-0.4, -0.2) is 87.5 Å². The van der Waals surface area contributed by atoms with E-state index in [0.717, 1.165) is 38.5 Å². The van der Waals surface area contributed by atoms with Gasteiger partial charge in [-0.1, -0.05) is 226 Å². The van der Waals surface area contributed by atoms with Crippen LogP contribution < -0.4 is 5.32 Å². The van der Waals surface area contributed by atoms with E-state index in [9.17, 15) is 30.3 Å². The number of rotatable bonds is 42. The summed E-state index contributed by atoms with van der Waals surface area (Å²) in [5, 5.41) is 54.4. The maximum atomic E-state index is 13.0. The van der Waals surface area contributed by atoms with Crippen molar-refractivity contribution in [2.24, 2.45) is 0 Å². The molecule has 57 heavy (non-hydrogen) atoms. The van der Waals surface area contributed by atoms with E-state index in [2.05, 4.69) is 19.2 Å². The summed E-state index contributed by atoms with van der Waals surface area (Å²) in [5.74, 6) is -0.139. The summed E-state index contributed by atoms with van der Waals surface area (Å²) in [6.45, 7) is 3.85. The minimum Gasteiger partial charge on any atom is -0.394 e. The Bertz CT molecular complexity index is 862. The molecule has 1 amide bonds. The van der Waals surface area contributed by atoms with E-state index in [1.54, 1.807) is 0 Å². The maximum absolute atomic E-state index is 13.0. The Kier molecular flexibility index (Phi) is 37.4. The molecule has 1 aliphatic heterocycles. The van der Waals surface area contributed by atoms with Gasteiger partial charge in [-0.05, 0) is 12.8 Å². The van der Waals surface area contributed by atoms with Gasteiger partial charge in [-0.2, -0.15) is 0 Å². The molecule has 340 valence electrons. The van der Waals surface area contributed by atoms with Crippen molar-refractivity contribution >= 4 is 5.91 Å². The van der Waals surface area contributed by atoms with Gasteiger partial charge in [0.15, 0.2) is 6.29 Å². The van der Waals surface area contributed by atoms with E-state index in [1.807, 2.05) is 0 Å². The number of hydrogen-bond donors (Lipinski definition) is 6. The second-order valence-corrected chi connectivity index (χ2v) is 17.6. The van der Waals surface area contributed by atoms with Crippen molar-refractivity contribution in [2.75, 3.05) is 13.2 Å². The fraction of sp³-hybridized carbons (Fsp3) is 0.979. The van der Waals surface area contributed by atoms with Crippen molar-refractivity contribution in [3.8, 4) is 0 Å². The van der Waals surface area contributed by atoms with Crippen LogP contribution in [0, 0.1) is 0 Å². The third-order valence-electron chi connectivity index (χ3n) is 12.2. The van der Waals surface area contributed by atoms with Crippen LogP contribution in [-0.2, 0) is 14.3 Å². The Balaban J connectivity index is 2.24. The molecule has 1 rings (SSSR count). The highest BCUT2D eigenvalue weighted by molar-refractivity contribution is 5.76. The Morgan fingerprint density at radius 1 is 0.526 bits per heavy atom. The molecule has 1 heterocycles. The second-order valence-electron chi connectivity index (χ2n) is 17.6. The van der Waals surface area contributed by atoms with Crippen LogP contribution in [0.4, 0.5) is 0 Å². The van der Waals surface area contributed by atoms with Crippen molar-refractivity contribution < 1.29 is 39.8 Å². The SMILES string of the molecule is CCCCCCCCCCCCCCCCCCCCCCCC(=O)N[C@@H](CO[C@H]1O[C@@H](CO)[C@H](O)[C@@H](O)[C@@H]1O)[C@H](O)CCCCCCCCCCCCCCC. The Morgan fingerprint density at radius 3 is 1.25 bits per heavy atom.